The van der Waals surface area contributed by atoms with Crippen LogP contribution in [0.2, 0.25) is 0 Å². The van der Waals surface area contributed by atoms with Crippen LogP contribution in [0.4, 0.5) is 0 Å². The Labute approximate surface area is 115 Å². The Kier molecular flexibility index (Phi) is 4.80. The summed E-state index contributed by atoms with van der Waals surface area (Å²) < 4.78 is 4.54. The van der Waals surface area contributed by atoms with Crippen LogP contribution in [-0.4, -0.2) is 20.7 Å². The Morgan fingerprint density at radius 2 is 2.16 bits per heavy atom. The van der Waals surface area contributed by atoms with E-state index in [1.54, 1.807) is 0 Å². The lowest BCUT2D eigenvalue weighted by atomic mass is 10.2. The number of aryl methyl sites for hydroxylation is 1. The van der Waals surface area contributed by atoms with Crippen LogP contribution >= 0.6 is 0 Å². The van der Waals surface area contributed by atoms with Crippen molar-refractivity contribution >= 4 is 0 Å². The van der Waals surface area contributed by atoms with Gasteiger partial charge in [0.05, 0.1) is 18.6 Å². The molecule has 0 aliphatic heterocycles. The molecule has 2 heterocycles. The van der Waals surface area contributed by atoms with Crippen molar-refractivity contribution < 1.29 is 0 Å². The van der Waals surface area contributed by atoms with Crippen molar-refractivity contribution in [1.82, 2.24) is 19.4 Å². The van der Waals surface area contributed by atoms with E-state index in [0.717, 1.165) is 26.1 Å². The summed E-state index contributed by atoms with van der Waals surface area (Å²) in [5.41, 5.74) is 2.59. The number of hydrogen-bond acceptors (Lipinski definition) is 2. The van der Waals surface area contributed by atoms with Crippen molar-refractivity contribution in [3.63, 3.8) is 0 Å². The van der Waals surface area contributed by atoms with Gasteiger partial charge in [0.2, 0.25) is 0 Å². The van der Waals surface area contributed by atoms with E-state index in [0.29, 0.717) is 6.04 Å². The van der Waals surface area contributed by atoms with E-state index < -0.39 is 0 Å². The molecule has 4 nitrogen and oxygen atoms in total. The molecule has 19 heavy (non-hydrogen) atoms. The zero-order chi connectivity index (χ0) is 13.7. The fraction of sp³-hybridized carbons (Fsp3) is 0.533. The summed E-state index contributed by atoms with van der Waals surface area (Å²) in [6, 6.07) is 4.68. The molecule has 0 bridgehead atoms. The molecule has 0 saturated heterocycles. The molecule has 1 unspecified atom stereocenters. The third-order valence-corrected chi connectivity index (χ3v) is 3.41. The van der Waals surface area contributed by atoms with Crippen molar-refractivity contribution in [1.29, 1.82) is 0 Å². The molecule has 0 aliphatic rings. The van der Waals surface area contributed by atoms with E-state index in [-0.39, 0.29) is 0 Å². The van der Waals surface area contributed by atoms with Gasteiger partial charge >= 0.3 is 0 Å². The minimum absolute atomic E-state index is 0.377. The monoisotopic (exact) mass is 260 g/mol. The Balaban J connectivity index is 2.15. The predicted molar refractivity (Wildman–Crippen MR) is 78.1 cm³/mol. The van der Waals surface area contributed by atoms with Crippen molar-refractivity contribution in [2.45, 2.75) is 46.3 Å². The van der Waals surface area contributed by atoms with Gasteiger partial charge in [-0.1, -0.05) is 13.8 Å². The quantitative estimate of drug-likeness (QED) is 0.830. The number of imidazole rings is 1. The van der Waals surface area contributed by atoms with Gasteiger partial charge < -0.3 is 14.5 Å². The number of nitrogens with zero attached hydrogens (tertiary/aromatic N) is 3. The Bertz CT molecular complexity index is 498. The molecule has 0 saturated carbocycles. The number of nitrogens with one attached hydrogen (secondary N) is 1. The topological polar surface area (TPSA) is 34.8 Å². The van der Waals surface area contributed by atoms with Gasteiger partial charge in [0.25, 0.3) is 0 Å². The first kappa shape index (κ1) is 13.9. The average Bonchev–Trinajstić information content (AvgIpc) is 3.01. The Morgan fingerprint density at radius 1 is 1.32 bits per heavy atom. The highest BCUT2D eigenvalue weighted by Gasteiger charge is 2.10. The van der Waals surface area contributed by atoms with Crippen LogP contribution in [0.3, 0.4) is 0 Å². The van der Waals surface area contributed by atoms with Gasteiger partial charge in [0, 0.05) is 30.7 Å². The summed E-state index contributed by atoms with van der Waals surface area (Å²) in [7, 11) is 0. The second kappa shape index (κ2) is 6.57. The van der Waals surface area contributed by atoms with Crippen molar-refractivity contribution in [2.75, 3.05) is 6.54 Å². The molecule has 2 aromatic heterocycles. The maximum Gasteiger partial charge on any atom is 0.0948 e. The van der Waals surface area contributed by atoms with Crippen LogP contribution in [0.5, 0.6) is 0 Å². The maximum atomic E-state index is 4.27. The van der Waals surface area contributed by atoms with Crippen LogP contribution in [0.15, 0.2) is 30.9 Å². The molecule has 1 atom stereocenters. The molecular weight excluding hydrogens is 236 g/mol. The maximum absolute atomic E-state index is 4.27. The van der Waals surface area contributed by atoms with E-state index in [2.05, 4.69) is 58.5 Å². The zero-order valence-electron chi connectivity index (χ0n) is 12.1. The van der Waals surface area contributed by atoms with Crippen LogP contribution < -0.4 is 5.32 Å². The van der Waals surface area contributed by atoms with Crippen LogP contribution in [0, 0.1) is 0 Å². The zero-order valence-corrected chi connectivity index (χ0v) is 12.1. The number of aromatic nitrogens is 3. The average molecular weight is 260 g/mol. The van der Waals surface area contributed by atoms with Crippen molar-refractivity contribution in [2.24, 2.45) is 0 Å². The standard InChI is InChI=1S/C15H24N4/c1-4-8-19-12-16-10-14(19)11-18-9-6-7-15(18)13(3)17-5-2/h6-7,9-10,12-13,17H,4-5,8,11H2,1-3H3. The molecule has 2 aromatic rings. The fourth-order valence-electron chi connectivity index (χ4n) is 2.47. The van der Waals surface area contributed by atoms with Gasteiger partial charge in [-0.05, 0) is 32.0 Å². The highest BCUT2D eigenvalue weighted by atomic mass is 15.1. The lowest BCUT2D eigenvalue weighted by Crippen LogP contribution is -2.21. The van der Waals surface area contributed by atoms with Gasteiger partial charge in [-0.2, -0.15) is 0 Å². The summed E-state index contributed by atoms with van der Waals surface area (Å²) in [4.78, 5) is 4.27. The normalized spacial score (nSPS) is 12.8. The lowest BCUT2D eigenvalue weighted by molar-refractivity contribution is 0.543. The second-order valence-corrected chi connectivity index (χ2v) is 4.92. The molecule has 104 valence electrons. The van der Waals surface area contributed by atoms with Crippen LogP contribution in [0.25, 0.3) is 0 Å². The van der Waals surface area contributed by atoms with E-state index in [4.69, 9.17) is 0 Å². The summed E-state index contributed by atoms with van der Waals surface area (Å²) in [6.07, 6.45) is 7.18. The van der Waals surface area contributed by atoms with E-state index in [9.17, 15) is 0 Å². The summed E-state index contributed by atoms with van der Waals surface area (Å²) in [5, 5.41) is 3.46. The smallest absolute Gasteiger partial charge is 0.0948 e. The van der Waals surface area contributed by atoms with Gasteiger partial charge in [0.1, 0.15) is 0 Å². The van der Waals surface area contributed by atoms with Gasteiger partial charge in [0.15, 0.2) is 0 Å². The molecule has 4 heteroatoms. The first-order chi connectivity index (χ1) is 9.26. The molecule has 2 rings (SSSR count). The first-order valence-corrected chi connectivity index (χ1v) is 7.13. The molecule has 0 spiro atoms. The second-order valence-electron chi connectivity index (χ2n) is 4.92. The third kappa shape index (κ3) is 3.26. The van der Waals surface area contributed by atoms with Gasteiger partial charge in [-0.25, -0.2) is 4.98 Å². The van der Waals surface area contributed by atoms with E-state index in [1.165, 1.54) is 11.4 Å². The summed E-state index contributed by atoms with van der Waals surface area (Å²) >= 11 is 0. The van der Waals surface area contributed by atoms with E-state index >= 15 is 0 Å². The molecular formula is C15H24N4. The summed E-state index contributed by atoms with van der Waals surface area (Å²) in [5.74, 6) is 0. The molecule has 0 aromatic carbocycles. The SMILES string of the molecule is CCCn1cncc1Cn1cccc1C(C)NCC. The van der Waals surface area contributed by atoms with Gasteiger partial charge in [-0.3, -0.25) is 0 Å². The third-order valence-electron chi connectivity index (χ3n) is 3.41. The first-order valence-electron chi connectivity index (χ1n) is 7.13. The van der Waals surface area contributed by atoms with Gasteiger partial charge in [-0.15, -0.1) is 0 Å². The molecule has 1 N–H and O–H groups in total. The fourth-order valence-corrected chi connectivity index (χ4v) is 2.47. The van der Waals surface area contributed by atoms with E-state index in [1.807, 2.05) is 12.5 Å². The highest BCUT2D eigenvalue weighted by molar-refractivity contribution is 5.14. The van der Waals surface area contributed by atoms with Crippen molar-refractivity contribution in [3.8, 4) is 0 Å². The summed E-state index contributed by atoms with van der Waals surface area (Å²) in [6.45, 7) is 9.45. The van der Waals surface area contributed by atoms with Crippen LogP contribution in [-0.2, 0) is 13.1 Å². The molecule has 0 fully saturated rings. The Morgan fingerprint density at radius 3 is 2.89 bits per heavy atom. The van der Waals surface area contributed by atoms with Crippen LogP contribution in [0.1, 0.15) is 44.6 Å². The number of rotatable bonds is 7. The molecule has 0 amide bonds. The number of hydrogen-bond donors (Lipinski definition) is 1. The minimum Gasteiger partial charge on any atom is -0.344 e. The minimum atomic E-state index is 0.377. The predicted octanol–water partition coefficient (Wildman–Crippen LogP) is 2.81. The van der Waals surface area contributed by atoms with Crippen molar-refractivity contribution in [3.05, 3.63) is 42.2 Å². The Hall–Kier alpha value is -1.55. The lowest BCUT2D eigenvalue weighted by Gasteiger charge is -2.17. The molecule has 0 radical (unpaired) electrons. The highest BCUT2D eigenvalue weighted by Crippen LogP contribution is 2.15. The molecule has 0 aliphatic carbocycles. The largest absolute Gasteiger partial charge is 0.344 e.